The number of piperidine rings is 1. The van der Waals surface area contributed by atoms with Crippen molar-refractivity contribution in [3.8, 4) is 0 Å². The number of likely N-dealkylation sites (tertiary alicyclic amines) is 1. The van der Waals surface area contributed by atoms with E-state index < -0.39 is 0 Å². The van der Waals surface area contributed by atoms with Crippen LogP contribution in [0.5, 0.6) is 0 Å². The van der Waals surface area contributed by atoms with Gasteiger partial charge in [-0.1, -0.05) is 29.8 Å². The van der Waals surface area contributed by atoms with E-state index in [9.17, 15) is 0 Å². The molecule has 2 rings (SSSR count). The summed E-state index contributed by atoms with van der Waals surface area (Å²) in [5.74, 6) is 0.818. The van der Waals surface area contributed by atoms with E-state index in [1.807, 2.05) is 0 Å². The summed E-state index contributed by atoms with van der Waals surface area (Å²) in [6, 6.07) is 9.23. The molecule has 0 atom stereocenters. The average Bonchev–Trinajstić information content (AvgIpc) is 2.55. The zero-order chi connectivity index (χ0) is 16.5. The first kappa shape index (κ1) is 21.2. The predicted octanol–water partition coefficient (Wildman–Crippen LogP) is 2.12. The molecule has 6 heteroatoms. The molecule has 0 saturated carbocycles. The van der Waals surface area contributed by atoms with Crippen LogP contribution in [0.1, 0.15) is 30.9 Å². The van der Waals surface area contributed by atoms with E-state index in [0.29, 0.717) is 12.6 Å². The molecule has 0 unspecified atom stereocenters. The lowest BCUT2D eigenvalue weighted by atomic mass is 10.0. The first-order valence-corrected chi connectivity index (χ1v) is 8.65. The number of halogens is 1. The lowest BCUT2D eigenvalue weighted by molar-refractivity contribution is 0.198. The Kier molecular flexibility index (Phi) is 10.3. The van der Waals surface area contributed by atoms with Gasteiger partial charge in [0.05, 0.1) is 13.2 Å². The van der Waals surface area contributed by atoms with Crippen molar-refractivity contribution in [2.24, 2.45) is 4.99 Å². The Morgan fingerprint density at radius 3 is 2.71 bits per heavy atom. The number of aliphatic hydroxyl groups excluding tert-OH is 1. The summed E-state index contributed by atoms with van der Waals surface area (Å²) in [5, 5.41) is 15.6. The molecule has 0 aliphatic carbocycles. The summed E-state index contributed by atoms with van der Waals surface area (Å²) in [6.07, 6.45) is 2.24. The SMILES string of the molecule is CCNC(=NCCO)NC1CCN(Cc2cccc(C)c2)CC1.I. The van der Waals surface area contributed by atoms with E-state index in [4.69, 9.17) is 5.11 Å². The second kappa shape index (κ2) is 11.7. The van der Waals surface area contributed by atoms with Gasteiger partial charge in [0.2, 0.25) is 0 Å². The van der Waals surface area contributed by atoms with Crippen molar-refractivity contribution >= 4 is 29.9 Å². The number of aryl methyl sites for hydroxylation is 1. The van der Waals surface area contributed by atoms with Gasteiger partial charge >= 0.3 is 0 Å². The van der Waals surface area contributed by atoms with Crippen LogP contribution < -0.4 is 10.6 Å². The number of aliphatic hydroxyl groups is 1. The van der Waals surface area contributed by atoms with Crippen LogP contribution in [0.3, 0.4) is 0 Å². The first-order valence-electron chi connectivity index (χ1n) is 8.65. The predicted molar refractivity (Wildman–Crippen MR) is 111 cm³/mol. The molecule has 0 spiro atoms. The number of guanidine groups is 1. The highest BCUT2D eigenvalue weighted by Crippen LogP contribution is 2.14. The van der Waals surface area contributed by atoms with Crippen molar-refractivity contribution < 1.29 is 5.11 Å². The van der Waals surface area contributed by atoms with Crippen molar-refractivity contribution in [1.82, 2.24) is 15.5 Å². The minimum absolute atomic E-state index is 0. The second-order valence-corrected chi connectivity index (χ2v) is 6.17. The van der Waals surface area contributed by atoms with Crippen LogP contribution in [0.2, 0.25) is 0 Å². The highest BCUT2D eigenvalue weighted by molar-refractivity contribution is 14.0. The Morgan fingerprint density at radius 2 is 2.08 bits per heavy atom. The van der Waals surface area contributed by atoms with Crippen LogP contribution in [-0.2, 0) is 6.54 Å². The molecule has 1 saturated heterocycles. The second-order valence-electron chi connectivity index (χ2n) is 6.17. The van der Waals surface area contributed by atoms with Gasteiger partial charge in [-0.3, -0.25) is 9.89 Å². The molecule has 0 radical (unpaired) electrons. The molecule has 0 amide bonds. The van der Waals surface area contributed by atoms with Crippen LogP contribution in [0.15, 0.2) is 29.3 Å². The summed E-state index contributed by atoms with van der Waals surface area (Å²) in [4.78, 5) is 6.87. The summed E-state index contributed by atoms with van der Waals surface area (Å²) in [5.41, 5.74) is 2.73. The molecule has 0 aromatic heterocycles. The van der Waals surface area contributed by atoms with Crippen molar-refractivity contribution in [1.29, 1.82) is 0 Å². The van der Waals surface area contributed by atoms with Gasteiger partial charge in [0.25, 0.3) is 0 Å². The highest BCUT2D eigenvalue weighted by atomic mass is 127. The quantitative estimate of drug-likeness (QED) is 0.356. The average molecular weight is 446 g/mol. The number of nitrogens with zero attached hydrogens (tertiary/aromatic N) is 2. The van der Waals surface area contributed by atoms with Gasteiger partial charge in [-0.25, -0.2) is 0 Å². The number of hydrogen-bond acceptors (Lipinski definition) is 3. The van der Waals surface area contributed by atoms with Crippen LogP contribution >= 0.6 is 24.0 Å². The smallest absolute Gasteiger partial charge is 0.191 e. The summed E-state index contributed by atoms with van der Waals surface area (Å²) >= 11 is 0. The number of nitrogens with one attached hydrogen (secondary N) is 2. The molecule has 1 heterocycles. The Balaban J connectivity index is 0.00000288. The fourth-order valence-corrected chi connectivity index (χ4v) is 2.98. The van der Waals surface area contributed by atoms with E-state index in [-0.39, 0.29) is 30.6 Å². The Morgan fingerprint density at radius 1 is 1.33 bits per heavy atom. The molecule has 1 aliphatic rings. The Labute approximate surface area is 162 Å². The lowest BCUT2D eigenvalue weighted by Gasteiger charge is -2.33. The van der Waals surface area contributed by atoms with E-state index in [0.717, 1.165) is 45.0 Å². The van der Waals surface area contributed by atoms with E-state index in [2.05, 4.69) is 58.6 Å². The summed E-state index contributed by atoms with van der Waals surface area (Å²) < 4.78 is 0. The number of hydrogen-bond donors (Lipinski definition) is 3. The molecule has 3 N–H and O–H groups in total. The van der Waals surface area contributed by atoms with E-state index in [1.54, 1.807) is 0 Å². The van der Waals surface area contributed by atoms with Crippen LogP contribution in [0.4, 0.5) is 0 Å². The Hall–Kier alpha value is -0.860. The van der Waals surface area contributed by atoms with Crippen molar-refractivity contribution in [3.05, 3.63) is 35.4 Å². The minimum atomic E-state index is 0. The first-order chi connectivity index (χ1) is 11.2. The number of aliphatic imine (C=N–C) groups is 1. The molecule has 5 nitrogen and oxygen atoms in total. The fourth-order valence-electron chi connectivity index (χ4n) is 2.98. The Bertz CT molecular complexity index is 502. The summed E-state index contributed by atoms with van der Waals surface area (Å²) in [6.45, 7) is 8.81. The zero-order valence-corrected chi connectivity index (χ0v) is 17.1. The molecule has 0 bridgehead atoms. The fraction of sp³-hybridized carbons (Fsp3) is 0.611. The topological polar surface area (TPSA) is 59.9 Å². The van der Waals surface area contributed by atoms with Gasteiger partial charge in [-0.05, 0) is 32.3 Å². The van der Waals surface area contributed by atoms with Crippen LogP contribution in [0.25, 0.3) is 0 Å². The molecule has 24 heavy (non-hydrogen) atoms. The molecule has 1 fully saturated rings. The van der Waals surface area contributed by atoms with E-state index in [1.165, 1.54) is 11.1 Å². The zero-order valence-electron chi connectivity index (χ0n) is 14.8. The highest BCUT2D eigenvalue weighted by Gasteiger charge is 2.20. The third-order valence-electron chi connectivity index (χ3n) is 4.13. The van der Waals surface area contributed by atoms with Gasteiger partial charge in [0, 0.05) is 32.2 Å². The standard InChI is InChI=1S/C18H30N4O.HI/c1-3-19-18(20-9-12-23)21-17-7-10-22(11-8-17)14-16-6-4-5-15(2)13-16;/h4-6,13,17,23H,3,7-12,14H2,1-2H3,(H2,19,20,21);1H. The third-order valence-corrected chi connectivity index (χ3v) is 4.13. The maximum Gasteiger partial charge on any atom is 0.191 e. The van der Waals surface area contributed by atoms with Crippen LogP contribution in [0, 0.1) is 6.92 Å². The molecule has 136 valence electrons. The van der Waals surface area contributed by atoms with Gasteiger partial charge in [0.15, 0.2) is 5.96 Å². The molecule has 1 aliphatic heterocycles. The number of benzene rings is 1. The molecule has 1 aromatic rings. The molecule has 1 aromatic carbocycles. The van der Waals surface area contributed by atoms with Gasteiger partial charge < -0.3 is 15.7 Å². The normalized spacial score (nSPS) is 16.5. The summed E-state index contributed by atoms with van der Waals surface area (Å²) in [7, 11) is 0. The van der Waals surface area contributed by atoms with Crippen molar-refractivity contribution in [2.75, 3.05) is 32.8 Å². The maximum atomic E-state index is 8.91. The van der Waals surface area contributed by atoms with Crippen molar-refractivity contribution in [3.63, 3.8) is 0 Å². The third kappa shape index (κ3) is 7.36. The molecular weight excluding hydrogens is 415 g/mol. The lowest BCUT2D eigenvalue weighted by Crippen LogP contribution is -2.48. The van der Waals surface area contributed by atoms with Gasteiger partial charge in [-0.15, -0.1) is 24.0 Å². The monoisotopic (exact) mass is 446 g/mol. The minimum Gasteiger partial charge on any atom is -0.394 e. The van der Waals surface area contributed by atoms with E-state index >= 15 is 0 Å². The van der Waals surface area contributed by atoms with Crippen molar-refractivity contribution in [2.45, 2.75) is 39.3 Å². The largest absolute Gasteiger partial charge is 0.394 e. The van der Waals surface area contributed by atoms with Gasteiger partial charge in [-0.2, -0.15) is 0 Å². The molecular formula is C18H31IN4O. The van der Waals surface area contributed by atoms with Crippen LogP contribution in [-0.4, -0.2) is 54.8 Å². The van der Waals surface area contributed by atoms with Gasteiger partial charge in [0.1, 0.15) is 0 Å². The number of rotatable bonds is 6. The maximum absolute atomic E-state index is 8.91.